The van der Waals surface area contributed by atoms with Gasteiger partial charge >= 0.3 is 5.97 Å². The zero-order valence-corrected chi connectivity index (χ0v) is 15.3. The zero-order chi connectivity index (χ0) is 19.9. The van der Waals surface area contributed by atoms with Crippen LogP contribution in [0.5, 0.6) is 11.5 Å². The number of amides is 1. The van der Waals surface area contributed by atoms with Crippen LogP contribution < -0.4 is 14.9 Å². The van der Waals surface area contributed by atoms with Crippen molar-refractivity contribution in [3.63, 3.8) is 0 Å². The molecule has 2 aromatic carbocycles. The smallest absolute Gasteiger partial charge is 0.379 e. The molecule has 0 saturated carbocycles. The number of esters is 1. The molecule has 0 radical (unpaired) electrons. The number of nitrogens with zero attached hydrogens (tertiary/aromatic N) is 1. The molecule has 0 fully saturated rings. The lowest BCUT2D eigenvalue weighted by Gasteiger charge is -2.07. The molecule has 1 amide bonds. The van der Waals surface area contributed by atoms with Gasteiger partial charge in [0, 0.05) is 0 Å². The van der Waals surface area contributed by atoms with Crippen LogP contribution in [0.15, 0.2) is 70.4 Å². The van der Waals surface area contributed by atoms with Gasteiger partial charge in [-0.3, -0.25) is 4.79 Å². The van der Waals surface area contributed by atoms with E-state index in [1.165, 1.54) is 25.7 Å². The van der Waals surface area contributed by atoms with Crippen molar-refractivity contribution < 1.29 is 23.5 Å². The van der Waals surface area contributed by atoms with Crippen LogP contribution in [0.3, 0.4) is 0 Å². The molecular weight excluding hydrogens is 360 g/mol. The maximum atomic E-state index is 12.2. The van der Waals surface area contributed by atoms with E-state index in [9.17, 15) is 9.59 Å². The Kier molecular flexibility index (Phi) is 5.86. The van der Waals surface area contributed by atoms with Gasteiger partial charge in [-0.15, -0.1) is 0 Å². The topological polar surface area (TPSA) is 90.1 Å². The fraction of sp³-hybridized carbons (Fsp3) is 0.0952. The zero-order valence-electron chi connectivity index (χ0n) is 15.3. The summed E-state index contributed by atoms with van der Waals surface area (Å²) in [5.74, 6) is 0.0186. The highest BCUT2D eigenvalue weighted by Gasteiger charge is 2.12. The van der Waals surface area contributed by atoms with Crippen LogP contribution in [0.25, 0.3) is 0 Å². The molecule has 0 aliphatic carbocycles. The molecule has 0 spiro atoms. The lowest BCUT2D eigenvalue weighted by molar-refractivity contribution is 0.0701. The molecule has 3 rings (SSSR count). The Morgan fingerprint density at radius 1 is 1.11 bits per heavy atom. The van der Waals surface area contributed by atoms with E-state index < -0.39 is 5.97 Å². The van der Waals surface area contributed by atoms with E-state index in [1.54, 1.807) is 42.5 Å². The van der Waals surface area contributed by atoms with Crippen molar-refractivity contribution in [2.45, 2.75) is 6.92 Å². The number of methoxy groups -OCH3 is 1. The lowest BCUT2D eigenvalue weighted by atomic mass is 10.1. The molecule has 7 heteroatoms. The first kappa shape index (κ1) is 18.9. The predicted molar refractivity (Wildman–Crippen MR) is 103 cm³/mol. The molecule has 0 unspecified atom stereocenters. The summed E-state index contributed by atoms with van der Waals surface area (Å²) in [5.41, 5.74) is 4.56. The first-order valence-electron chi connectivity index (χ1n) is 8.40. The van der Waals surface area contributed by atoms with Crippen LogP contribution in [-0.2, 0) is 0 Å². The first-order valence-corrected chi connectivity index (χ1v) is 8.40. The predicted octanol–water partition coefficient (Wildman–Crippen LogP) is 3.58. The minimum atomic E-state index is -0.578. The Labute approximate surface area is 161 Å². The van der Waals surface area contributed by atoms with Crippen LogP contribution in [0, 0.1) is 6.92 Å². The third kappa shape index (κ3) is 4.64. The number of ether oxygens (including phenoxy) is 2. The van der Waals surface area contributed by atoms with E-state index in [1.807, 2.05) is 13.0 Å². The highest BCUT2D eigenvalue weighted by atomic mass is 16.5. The van der Waals surface area contributed by atoms with Gasteiger partial charge in [-0.25, -0.2) is 10.2 Å². The van der Waals surface area contributed by atoms with E-state index in [-0.39, 0.29) is 11.7 Å². The Hall–Kier alpha value is -3.87. The van der Waals surface area contributed by atoms with Crippen molar-refractivity contribution >= 4 is 18.1 Å². The quantitative estimate of drug-likeness (QED) is 0.306. The summed E-state index contributed by atoms with van der Waals surface area (Å²) in [6, 6.07) is 15.1. The molecule has 28 heavy (non-hydrogen) atoms. The molecule has 0 aliphatic rings. The van der Waals surface area contributed by atoms with Crippen molar-refractivity contribution in [2.24, 2.45) is 5.10 Å². The van der Waals surface area contributed by atoms with Crippen LogP contribution in [-0.4, -0.2) is 25.2 Å². The van der Waals surface area contributed by atoms with Crippen molar-refractivity contribution in [1.82, 2.24) is 5.43 Å². The standard InChI is InChI=1S/C21H18N2O5/c1-14-5-10-17(19(12-14)26-2)20(24)23-22-13-15-6-8-16(9-7-15)28-21(25)18-4-3-11-27-18/h3-13H,1-2H3,(H,23,24). The molecule has 3 aromatic rings. The maximum Gasteiger partial charge on any atom is 0.379 e. The Balaban J connectivity index is 1.59. The van der Waals surface area contributed by atoms with Crippen LogP contribution in [0.2, 0.25) is 0 Å². The van der Waals surface area contributed by atoms with Crippen molar-refractivity contribution in [2.75, 3.05) is 7.11 Å². The molecular formula is C21H18N2O5. The molecule has 1 N–H and O–H groups in total. The first-order chi connectivity index (χ1) is 13.6. The minimum absolute atomic E-state index is 0.125. The molecule has 0 bridgehead atoms. The Bertz CT molecular complexity index is 992. The lowest BCUT2D eigenvalue weighted by Crippen LogP contribution is -2.18. The molecule has 142 valence electrons. The largest absolute Gasteiger partial charge is 0.496 e. The average Bonchev–Trinajstić information content (AvgIpc) is 3.24. The number of benzene rings is 2. The Morgan fingerprint density at radius 2 is 1.89 bits per heavy atom. The fourth-order valence-corrected chi connectivity index (χ4v) is 2.39. The molecule has 0 saturated heterocycles. The van der Waals surface area contributed by atoms with Crippen molar-refractivity contribution in [3.8, 4) is 11.5 Å². The Morgan fingerprint density at radius 3 is 2.57 bits per heavy atom. The van der Waals surface area contributed by atoms with E-state index in [0.717, 1.165) is 5.56 Å². The van der Waals surface area contributed by atoms with Gasteiger partial charge in [0.2, 0.25) is 5.76 Å². The highest BCUT2D eigenvalue weighted by Crippen LogP contribution is 2.19. The number of hydrogen-bond acceptors (Lipinski definition) is 6. The molecule has 1 aromatic heterocycles. The van der Waals surface area contributed by atoms with Crippen molar-refractivity contribution in [1.29, 1.82) is 0 Å². The summed E-state index contributed by atoms with van der Waals surface area (Å²) in [5, 5.41) is 3.94. The summed E-state index contributed by atoms with van der Waals surface area (Å²) in [7, 11) is 1.51. The van der Waals surface area contributed by atoms with Crippen LogP contribution in [0.1, 0.15) is 32.0 Å². The molecule has 0 aliphatic heterocycles. The summed E-state index contributed by atoms with van der Waals surface area (Å²) in [6.45, 7) is 1.91. The number of rotatable bonds is 6. The molecule has 0 atom stereocenters. The second-order valence-electron chi connectivity index (χ2n) is 5.84. The summed E-state index contributed by atoms with van der Waals surface area (Å²) < 4.78 is 15.4. The SMILES string of the molecule is COc1cc(C)ccc1C(=O)NN=Cc1ccc(OC(=O)c2ccco2)cc1. The average molecular weight is 378 g/mol. The third-order valence-corrected chi connectivity index (χ3v) is 3.79. The second-order valence-corrected chi connectivity index (χ2v) is 5.84. The van der Waals surface area contributed by atoms with Gasteiger partial charge in [0.05, 0.1) is 25.2 Å². The van der Waals surface area contributed by atoms with Crippen LogP contribution in [0.4, 0.5) is 0 Å². The number of aryl methyl sites for hydroxylation is 1. The van der Waals surface area contributed by atoms with Gasteiger partial charge < -0.3 is 13.9 Å². The van der Waals surface area contributed by atoms with E-state index in [2.05, 4.69) is 10.5 Å². The van der Waals surface area contributed by atoms with Gasteiger partial charge in [0.25, 0.3) is 5.91 Å². The van der Waals surface area contributed by atoms with E-state index in [4.69, 9.17) is 13.9 Å². The summed E-state index contributed by atoms with van der Waals surface area (Å²) in [4.78, 5) is 24.1. The number of furan rings is 1. The maximum absolute atomic E-state index is 12.2. The summed E-state index contributed by atoms with van der Waals surface area (Å²) >= 11 is 0. The molecule has 7 nitrogen and oxygen atoms in total. The monoisotopic (exact) mass is 378 g/mol. The van der Waals surface area contributed by atoms with E-state index in [0.29, 0.717) is 22.6 Å². The number of carbonyl (C=O) groups excluding carboxylic acids is 2. The second kappa shape index (κ2) is 8.68. The fourth-order valence-electron chi connectivity index (χ4n) is 2.39. The molecule has 1 heterocycles. The van der Waals surface area contributed by atoms with Gasteiger partial charge in [-0.05, 0) is 66.6 Å². The minimum Gasteiger partial charge on any atom is -0.496 e. The normalized spacial score (nSPS) is 10.6. The number of carbonyl (C=O) groups is 2. The number of hydrogen-bond donors (Lipinski definition) is 1. The van der Waals surface area contributed by atoms with Crippen LogP contribution >= 0.6 is 0 Å². The summed E-state index contributed by atoms with van der Waals surface area (Å²) in [6.07, 6.45) is 2.88. The van der Waals surface area contributed by atoms with Gasteiger partial charge in [0.15, 0.2) is 0 Å². The third-order valence-electron chi connectivity index (χ3n) is 3.79. The van der Waals surface area contributed by atoms with Gasteiger partial charge in [0.1, 0.15) is 11.5 Å². The van der Waals surface area contributed by atoms with E-state index >= 15 is 0 Å². The number of nitrogens with one attached hydrogen (secondary N) is 1. The van der Waals surface area contributed by atoms with Gasteiger partial charge in [-0.1, -0.05) is 6.07 Å². The highest BCUT2D eigenvalue weighted by molar-refractivity contribution is 5.97. The van der Waals surface area contributed by atoms with Gasteiger partial charge in [-0.2, -0.15) is 5.10 Å². The number of hydrazone groups is 1. The van der Waals surface area contributed by atoms with Crippen molar-refractivity contribution in [3.05, 3.63) is 83.3 Å².